The van der Waals surface area contributed by atoms with Gasteiger partial charge in [-0.05, 0) is 50.5 Å². The molecule has 296 valence electrons. The van der Waals surface area contributed by atoms with Crippen molar-refractivity contribution in [1.82, 2.24) is 5.32 Å². The summed E-state index contributed by atoms with van der Waals surface area (Å²) in [5.74, 6) is -1.35. The monoisotopic (exact) mass is 788 g/mol. The Labute approximate surface area is 343 Å². The van der Waals surface area contributed by atoms with E-state index in [0.29, 0.717) is 0 Å². The van der Waals surface area contributed by atoms with Gasteiger partial charge in [-0.1, -0.05) is 160 Å². The number of hydrogen-bond acceptors (Lipinski definition) is 8. The van der Waals surface area contributed by atoms with Gasteiger partial charge in [-0.3, -0.25) is 9.35 Å². The molecule has 0 atom stereocenters. The summed E-state index contributed by atoms with van der Waals surface area (Å²) < 4.78 is 60.8. The molecule has 0 fully saturated rings. The number of amides is 1. The van der Waals surface area contributed by atoms with Crippen molar-refractivity contribution < 1.29 is 35.8 Å². The summed E-state index contributed by atoms with van der Waals surface area (Å²) in [7, 11) is -8.14. The van der Waals surface area contributed by atoms with Gasteiger partial charge in [0.2, 0.25) is 5.91 Å². The van der Waals surface area contributed by atoms with E-state index in [0.717, 1.165) is 25.7 Å². The summed E-state index contributed by atoms with van der Waals surface area (Å²) in [6.45, 7) is 4.82. The minimum Gasteiger partial charge on any atom is -0.859 e. The zero-order valence-corrected chi connectivity index (χ0v) is 36.1. The summed E-state index contributed by atoms with van der Waals surface area (Å²) in [4.78, 5) is 15.2. The first-order valence-corrected chi connectivity index (χ1v) is 22.8. The van der Waals surface area contributed by atoms with Crippen molar-refractivity contribution in [3.8, 4) is 0 Å². The van der Waals surface area contributed by atoms with Gasteiger partial charge >= 0.3 is 37.7 Å². The Bertz CT molecular complexity index is 1080. The van der Waals surface area contributed by atoms with Crippen LogP contribution in [-0.2, 0) is 25.0 Å². The third kappa shape index (κ3) is 53.9. The third-order valence-corrected chi connectivity index (χ3v) is 9.77. The van der Waals surface area contributed by atoms with Gasteiger partial charge in [0.15, 0.2) is 0 Å². The second-order valence-electron chi connectivity index (χ2n) is 13.2. The molecule has 0 radical (unpaired) electrons. The van der Waals surface area contributed by atoms with Crippen LogP contribution in [0.3, 0.4) is 0 Å². The average molecular weight is 789 g/mol. The van der Waals surface area contributed by atoms with Gasteiger partial charge in [-0.2, -0.15) is 8.42 Å². The number of allylic oxidation sites excluding steroid dienone is 2. The quantitative estimate of drug-likeness (QED) is 0.0164. The standard InChI is InChI=1S/2C19H37NO4S.Ca/c2*1-2-3-4-5-6-7-8-9-10-11-12-13-14-16-19(21)20-17-15-18-25(22,23)24;/h2*14,16H,2-13,15,17-18H2,1H3,(H,20,21)(H,22,23,24);/q;;+2/p-2/b2*16-14+;. The number of hydrogen-bond donors (Lipinski definition) is 2. The fraction of sp³-hybridized carbons (Fsp3) is 0.842. The van der Waals surface area contributed by atoms with Crippen molar-refractivity contribution in [1.29, 1.82) is 0 Å². The number of carbonyl (C=O) groups is 1. The molecule has 0 aliphatic carbocycles. The molecule has 0 aliphatic rings. The number of nitrogens with one attached hydrogen (secondary N) is 1. The second-order valence-corrected chi connectivity index (χ2v) is 16.3. The van der Waals surface area contributed by atoms with Gasteiger partial charge in [0, 0.05) is 18.8 Å². The molecule has 0 aromatic carbocycles. The van der Waals surface area contributed by atoms with E-state index in [9.17, 15) is 31.3 Å². The Morgan fingerprint density at radius 3 is 1.39 bits per heavy atom. The molecule has 2 N–H and O–H groups in total. The predicted octanol–water partition coefficient (Wildman–Crippen LogP) is 8.19. The van der Waals surface area contributed by atoms with Gasteiger partial charge in [-0.25, -0.2) is 8.42 Å². The molecule has 0 saturated carbocycles. The van der Waals surface area contributed by atoms with Crippen molar-refractivity contribution >= 4 is 69.8 Å². The Balaban J connectivity index is -0.000000886. The summed E-state index contributed by atoms with van der Waals surface area (Å²) in [5.41, 5.74) is 0. The molecule has 0 rings (SSSR count). The van der Waals surface area contributed by atoms with Gasteiger partial charge in [0.05, 0.1) is 15.9 Å². The van der Waals surface area contributed by atoms with Crippen LogP contribution >= 0.6 is 0 Å². The Morgan fingerprint density at radius 1 is 0.608 bits per heavy atom. The Morgan fingerprint density at radius 2 is 1.00 bits per heavy atom. The molecule has 0 unspecified atom stereocenters. The predicted molar refractivity (Wildman–Crippen MR) is 212 cm³/mol. The summed E-state index contributed by atoms with van der Waals surface area (Å²) in [6, 6.07) is 0. The number of rotatable bonds is 34. The minimum atomic E-state index is -4.20. The maximum Gasteiger partial charge on any atom is 2.00 e. The van der Waals surface area contributed by atoms with E-state index in [1.54, 1.807) is 0 Å². The zero-order valence-electron chi connectivity index (χ0n) is 32.3. The smallest absolute Gasteiger partial charge is 0.859 e. The van der Waals surface area contributed by atoms with E-state index in [1.165, 1.54) is 141 Å². The SMILES string of the molecule is CCCCCCCCCCCCC/C=C/C(=O)NCCCS(=O)(=O)O.CCCCCCCCCCCCC/C=C/C([O-])=NCCCS(=O)(=O)[O-].[Ca+2]. The fourth-order valence-corrected chi connectivity index (χ4v) is 6.23. The third-order valence-electron chi connectivity index (χ3n) is 8.18. The molecular formula is C38H72CaN2O8S2. The van der Waals surface area contributed by atoms with Crippen molar-refractivity contribution in [3.05, 3.63) is 24.3 Å². The summed E-state index contributed by atoms with van der Waals surface area (Å²) in [6.07, 6.45) is 37.4. The van der Waals surface area contributed by atoms with Crippen molar-refractivity contribution in [2.75, 3.05) is 24.6 Å². The van der Waals surface area contributed by atoms with E-state index in [4.69, 9.17) is 4.55 Å². The Hall–Kier alpha value is -0.500. The van der Waals surface area contributed by atoms with Crippen LogP contribution in [0.2, 0.25) is 0 Å². The van der Waals surface area contributed by atoms with Crippen LogP contribution in [0.15, 0.2) is 29.3 Å². The van der Waals surface area contributed by atoms with E-state index in [-0.39, 0.29) is 81.2 Å². The first kappa shape index (κ1) is 54.8. The van der Waals surface area contributed by atoms with Crippen molar-refractivity contribution in [2.24, 2.45) is 4.99 Å². The molecule has 0 heterocycles. The molecule has 0 aromatic heterocycles. The summed E-state index contributed by atoms with van der Waals surface area (Å²) in [5, 5.41) is 14.0. The average Bonchev–Trinajstić information content (AvgIpc) is 3.05. The van der Waals surface area contributed by atoms with Gasteiger partial charge < -0.3 is 20.0 Å². The molecule has 0 bridgehead atoms. The van der Waals surface area contributed by atoms with Crippen molar-refractivity contribution in [3.63, 3.8) is 0 Å². The molecule has 51 heavy (non-hydrogen) atoms. The van der Waals surface area contributed by atoms with Gasteiger partial charge in [0.1, 0.15) is 0 Å². The van der Waals surface area contributed by atoms with Crippen LogP contribution in [0, 0.1) is 0 Å². The van der Waals surface area contributed by atoms with Crippen LogP contribution in [0.5, 0.6) is 0 Å². The van der Waals surface area contributed by atoms with E-state index < -0.39 is 26.0 Å². The van der Waals surface area contributed by atoms with Crippen LogP contribution in [0.25, 0.3) is 0 Å². The number of nitrogens with zero attached hydrogens (tertiary/aromatic N) is 1. The van der Waals surface area contributed by atoms with Gasteiger partial charge in [-0.15, -0.1) is 0 Å². The van der Waals surface area contributed by atoms with Crippen LogP contribution in [-0.4, -0.2) is 100 Å². The topological polar surface area (TPSA) is 176 Å². The molecular weight excluding hydrogens is 717 g/mol. The fourth-order valence-electron chi connectivity index (χ4n) is 5.24. The van der Waals surface area contributed by atoms with E-state index in [1.807, 2.05) is 12.2 Å². The number of aliphatic imine (C=N–C) groups is 1. The maximum absolute atomic E-state index is 11.5. The van der Waals surface area contributed by atoms with Crippen LogP contribution in [0.4, 0.5) is 0 Å². The second kappa shape index (κ2) is 40.7. The first-order chi connectivity index (χ1) is 23.9. The van der Waals surface area contributed by atoms with Crippen LogP contribution < -0.4 is 10.4 Å². The van der Waals surface area contributed by atoms with E-state index >= 15 is 0 Å². The molecule has 13 heteroatoms. The number of carbonyl (C=O) groups excluding carboxylic acids is 1. The largest absolute Gasteiger partial charge is 2.00 e. The molecule has 1 amide bonds. The number of unbranched alkanes of at least 4 members (excludes halogenated alkanes) is 22. The maximum atomic E-state index is 11.5. The molecule has 0 aliphatic heterocycles. The van der Waals surface area contributed by atoms with Crippen molar-refractivity contribution in [2.45, 2.75) is 181 Å². The van der Waals surface area contributed by atoms with E-state index in [2.05, 4.69) is 24.2 Å². The minimum absolute atomic E-state index is 0. The normalized spacial score (nSPS) is 12.2. The molecule has 0 spiro atoms. The first-order valence-electron chi connectivity index (χ1n) is 19.6. The summed E-state index contributed by atoms with van der Waals surface area (Å²) >= 11 is 0. The Kier molecular flexibility index (Phi) is 43.7. The van der Waals surface area contributed by atoms with Gasteiger partial charge in [0.25, 0.3) is 10.1 Å². The zero-order chi connectivity index (χ0) is 37.6. The molecule has 0 saturated heterocycles. The molecule has 10 nitrogen and oxygen atoms in total. The molecule has 0 aromatic rings. The van der Waals surface area contributed by atoms with Crippen LogP contribution in [0.1, 0.15) is 181 Å².